The molecule has 1 aliphatic rings. The van der Waals surface area contributed by atoms with Gasteiger partial charge in [0, 0.05) is 19.1 Å². The van der Waals surface area contributed by atoms with Crippen LogP contribution in [0, 0.1) is 5.92 Å². The van der Waals surface area contributed by atoms with Crippen LogP contribution in [0.2, 0.25) is 0 Å². The van der Waals surface area contributed by atoms with Crippen molar-refractivity contribution < 1.29 is 22.7 Å². The fraction of sp³-hybridized carbons (Fsp3) is 0.619. The molecule has 1 N–H and O–H groups in total. The van der Waals surface area contributed by atoms with Crippen molar-refractivity contribution in [2.24, 2.45) is 5.92 Å². The fourth-order valence-electron chi connectivity index (χ4n) is 3.34. The fourth-order valence-corrected chi connectivity index (χ4v) is 4.75. The van der Waals surface area contributed by atoms with Gasteiger partial charge in [-0.05, 0) is 57.7 Å². The van der Waals surface area contributed by atoms with E-state index in [1.165, 1.54) is 49.0 Å². The topological polar surface area (TPSA) is 92.8 Å². The Bertz CT molecular complexity index is 837. The lowest BCUT2D eigenvalue weighted by Gasteiger charge is -2.30. The second-order valence-electron chi connectivity index (χ2n) is 8.07. The number of sulfonamides is 1. The summed E-state index contributed by atoms with van der Waals surface area (Å²) in [6, 6.07) is 5.56. The molecule has 0 saturated heterocycles. The minimum atomic E-state index is -3.72. The summed E-state index contributed by atoms with van der Waals surface area (Å²) in [6.45, 7) is 7.17. The molecule has 1 aromatic carbocycles. The van der Waals surface area contributed by atoms with Crippen molar-refractivity contribution in [1.29, 1.82) is 0 Å². The molecule has 1 aliphatic carbocycles. The highest BCUT2D eigenvalue weighted by atomic mass is 32.2. The van der Waals surface area contributed by atoms with Crippen LogP contribution < -0.4 is 5.32 Å². The summed E-state index contributed by atoms with van der Waals surface area (Å²) in [7, 11) is -2.23. The van der Waals surface area contributed by atoms with Crippen LogP contribution >= 0.6 is 0 Å². The van der Waals surface area contributed by atoms with Crippen LogP contribution in [0.25, 0.3) is 0 Å². The first-order valence-electron chi connectivity index (χ1n) is 10.1. The third-order valence-electron chi connectivity index (χ3n) is 5.57. The molecule has 3 atom stereocenters. The molecule has 1 aromatic rings. The Balaban J connectivity index is 2.06. The normalized spacial score (nSPS) is 21.1. The van der Waals surface area contributed by atoms with Crippen molar-refractivity contribution in [3.05, 3.63) is 29.8 Å². The summed E-state index contributed by atoms with van der Waals surface area (Å²) in [5.74, 6) is -0.663. The van der Waals surface area contributed by atoms with Crippen LogP contribution in [-0.2, 0) is 19.6 Å². The minimum absolute atomic E-state index is 0.0104. The Kier molecular flexibility index (Phi) is 7.82. The molecule has 1 fully saturated rings. The Morgan fingerprint density at radius 1 is 1.17 bits per heavy atom. The predicted molar refractivity (Wildman–Crippen MR) is 111 cm³/mol. The van der Waals surface area contributed by atoms with E-state index in [9.17, 15) is 18.0 Å². The highest BCUT2D eigenvalue weighted by Gasteiger charge is 2.28. The first-order valence-corrected chi connectivity index (χ1v) is 11.6. The molecule has 0 bridgehead atoms. The molecular weight excluding hydrogens is 392 g/mol. The van der Waals surface area contributed by atoms with Gasteiger partial charge in [-0.25, -0.2) is 13.2 Å². The van der Waals surface area contributed by atoms with Gasteiger partial charge in [-0.3, -0.25) is 4.79 Å². The zero-order chi connectivity index (χ0) is 21.8. The average molecular weight is 425 g/mol. The lowest BCUT2D eigenvalue weighted by atomic mass is 9.86. The van der Waals surface area contributed by atoms with E-state index in [4.69, 9.17) is 4.74 Å². The number of esters is 1. The molecule has 1 amide bonds. The molecule has 0 spiro atoms. The number of ether oxygens (including phenoxy) is 1. The van der Waals surface area contributed by atoms with Crippen LogP contribution in [0.5, 0.6) is 0 Å². The number of amides is 1. The van der Waals surface area contributed by atoms with Gasteiger partial charge < -0.3 is 10.1 Å². The second-order valence-corrected chi connectivity index (χ2v) is 10.1. The molecule has 8 heteroatoms. The Labute approximate surface area is 173 Å². The summed E-state index contributed by atoms with van der Waals surface area (Å²) < 4.78 is 31.8. The van der Waals surface area contributed by atoms with Crippen molar-refractivity contribution in [2.75, 3.05) is 7.05 Å². The Morgan fingerprint density at radius 2 is 1.83 bits per heavy atom. The molecule has 1 saturated carbocycles. The zero-order valence-electron chi connectivity index (χ0n) is 17.8. The molecule has 0 radical (unpaired) electrons. The molecule has 0 aliphatic heterocycles. The SMILES string of the molecule is CC(C)N(C)S(=O)(=O)c1cccc(C(=O)O[C@H](C)C(=O)N[C@@H]2CCCC[C@@H]2C)c1. The van der Waals surface area contributed by atoms with Crippen molar-refractivity contribution >= 4 is 21.9 Å². The van der Waals surface area contributed by atoms with Crippen LogP contribution in [0.15, 0.2) is 29.2 Å². The van der Waals surface area contributed by atoms with Gasteiger partial charge >= 0.3 is 5.97 Å². The molecule has 2 rings (SSSR count). The maximum Gasteiger partial charge on any atom is 0.338 e. The van der Waals surface area contributed by atoms with Crippen molar-refractivity contribution in [3.63, 3.8) is 0 Å². The lowest BCUT2D eigenvalue weighted by molar-refractivity contribution is -0.130. The third kappa shape index (κ3) is 5.79. The first kappa shape index (κ1) is 23.3. The lowest BCUT2D eigenvalue weighted by Crippen LogP contribution is -2.46. The monoisotopic (exact) mass is 424 g/mol. The Morgan fingerprint density at radius 3 is 2.45 bits per heavy atom. The zero-order valence-corrected chi connectivity index (χ0v) is 18.7. The number of rotatable bonds is 7. The van der Waals surface area contributed by atoms with E-state index in [0.29, 0.717) is 5.92 Å². The molecular formula is C21H32N2O5S. The predicted octanol–water partition coefficient (Wildman–Crippen LogP) is 2.96. The summed E-state index contributed by atoms with van der Waals surface area (Å²) in [5, 5.41) is 2.97. The van der Waals surface area contributed by atoms with Crippen molar-refractivity contribution in [3.8, 4) is 0 Å². The van der Waals surface area contributed by atoms with Crippen LogP contribution in [0.4, 0.5) is 0 Å². The molecule has 0 aromatic heterocycles. The van der Waals surface area contributed by atoms with E-state index in [1.54, 1.807) is 13.8 Å². The molecule has 7 nitrogen and oxygen atoms in total. The van der Waals surface area contributed by atoms with Gasteiger partial charge in [0.2, 0.25) is 10.0 Å². The number of nitrogens with one attached hydrogen (secondary N) is 1. The molecule has 0 heterocycles. The van der Waals surface area contributed by atoms with E-state index in [1.807, 2.05) is 0 Å². The summed E-state index contributed by atoms with van der Waals surface area (Å²) in [5.41, 5.74) is 0.0916. The van der Waals surface area contributed by atoms with Gasteiger partial charge in [-0.15, -0.1) is 0 Å². The van der Waals surface area contributed by atoms with Gasteiger partial charge in [0.1, 0.15) is 0 Å². The molecule has 162 valence electrons. The third-order valence-corrected chi connectivity index (χ3v) is 7.60. The highest BCUT2D eigenvalue weighted by Crippen LogP contribution is 2.24. The second kappa shape index (κ2) is 9.71. The number of nitrogens with zero attached hydrogens (tertiary/aromatic N) is 1. The van der Waals surface area contributed by atoms with Gasteiger partial charge in [0.15, 0.2) is 6.10 Å². The highest BCUT2D eigenvalue weighted by molar-refractivity contribution is 7.89. The van der Waals surface area contributed by atoms with Crippen molar-refractivity contribution in [1.82, 2.24) is 9.62 Å². The summed E-state index contributed by atoms with van der Waals surface area (Å²) >= 11 is 0. The quantitative estimate of drug-likeness (QED) is 0.680. The van der Waals surface area contributed by atoms with Gasteiger partial charge in [-0.1, -0.05) is 25.8 Å². The average Bonchev–Trinajstić information content (AvgIpc) is 2.68. The maximum absolute atomic E-state index is 12.6. The van der Waals surface area contributed by atoms with Crippen molar-refractivity contribution in [2.45, 2.75) is 76.5 Å². The number of hydrogen-bond acceptors (Lipinski definition) is 5. The van der Waals surface area contributed by atoms with E-state index >= 15 is 0 Å². The van der Waals surface area contributed by atoms with E-state index in [0.717, 1.165) is 19.3 Å². The largest absolute Gasteiger partial charge is 0.449 e. The van der Waals surface area contributed by atoms with Crippen LogP contribution in [0.3, 0.4) is 0 Å². The number of benzene rings is 1. The smallest absolute Gasteiger partial charge is 0.338 e. The summed E-state index contributed by atoms with van der Waals surface area (Å²) in [4.78, 5) is 24.9. The standard InChI is InChI=1S/C21H32N2O5S/c1-14(2)23(5)29(26,27)18-11-8-10-17(13-18)21(25)28-16(4)20(24)22-19-12-7-6-9-15(19)3/h8,10-11,13-16,19H,6-7,9,12H2,1-5H3,(H,22,24)/t15-,16+,19+/m0/s1. The van der Waals surface area contributed by atoms with Gasteiger partial charge in [-0.2, -0.15) is 4.31 Å². The van der Waals surface area contributed by atoms with Gasteiger partial charge in [0.25, 0.3) is 5.91 Å². The summed E-state index contributed by atoms with van der Waals surface area (Å²) in [6.07, 6.45) is 3.29. The van der Waals surface area contributed by atoms with E-state index < -0.39 is 22.1 Å². The van der Waals surface area contributed by atoms with Gasteiger partial charge in [0.05, 0.1) is 10.5 Å². The number of hydrogen-bond donors (Lipinski definition) is 1. The first-order chi connectivity index (χ1) is 13.5. The van der Waals surface area contributed by atoms with Crippen LogP contribution in [0.1, 0.15) is 63.7 Å². The molecule has 29 heavy (non-hydrogen) atoms. The minimum Gasteiger partial charge on any atom is -0.449 e. The van der Waals surface area contributed by atoms with Crippen LogP contribution in [-0.4, -0.2) is 49.8 Å². The molecule has 0 unspecified atom stereocenters. The van der Waals surface area contributed by atoms with E-state index in [2.05, 4.69) is 12.2 Å². The number of carbonyl (C=O) groups excluding carboxylic acids is 2. The Hall–Kier alpha value is -1.93. The van der Waals surface area contributed by atoms with E-state index in [-0.39, 0.29) is 28.4 Å². The maximum atomic E-state index is 12.6. The number of carbonyl (C=O) groups is 2.